The van der Waals surface area contributed by atoms with Crippen LogP contribution in [0, 0.1) is 0 Å². The zero-order valence-electron chi connectivity index (χ0n) is 13.5. The van der Waals surface area contributed by atoms with Crippen molar-refractivity contribution in [2.45, 2.75) is 38.4 Å². The Hall–Kier alpha value is -2.19. The summed E-state index contributed by atoms with van der Waals surface area (Å²) >= 11 is 1.31. The lowest BCUT2D eigenvalue weighted by molar-refractivity contribution is -0.121. The van der Waals surface area contributed by atoms with Crippen LogP contribution in [0.1, 0.15) is 30.1 Å². The van der Waals surface area contributed by atoms with Crippen molar-refractivity contribution in [3.63, 3.8) is 0 Å². The normalized spacial score (nSPS) is 19.3. The monoisotopic (exact) mass is 347 g/mol. The third kappa shape index (κ3) is 3.49. The van der Waals surface area contributed by atoms with E-state index in [0.29, 0.717) is 10.6 Å². The molecule has 0 spiro atoms. The van der Waals surface area contributed by atoms with Gasteiger partial charge >= 0.3 is 0 Å². The Kier molecular flexibility index (Phi) is 4.96. The highest BCUT2D eigenvalue weighted by Crippen LogP contribution is 2.25. The summed E-state index contributed by atoms with van der Waals surface area (Å²) < 4.78 is 1.90. The number of likely N-dealkylation sites (tertiary alicyclic amines) is 1. The highest BCUT2D eigenvalue weighted by Gasteiger charge is 2.32. The number of carbonyl (C=O) groups is 2. The van der Waals surface area contributed by atoms with Gasteiger partial charge in [-0.3, -0.25) is 19.2 Å². The lowest BCUT2D eigenvalue weighted by Crippen LogP contribution is -2.46. The van der Waals surface area contributed by atoms with Crippen LogP contribution in [0.3, 0.4) is 0 Å². The topological polar surface area (TPSA) is 93.2 Å². The minimum atomic E-state index is -0.531. The number of thiophene rings is 1. The van der Waals surface area contributed by atoms with Crippen LogP contribution in [-0.4, -0.2) is 45.1 Å². The number of anilines is 1. The van der Waals surface area contributed by atoms with Gasteiger partial charge in [-0.15, -0.1) is 11.3 Å². The average Bonchev–Trinajstić information content (AvgIpc) is 3.28. The number of primary amides is 1. The van der Waals surface area contributed by atoms with Crippen LogP contribution < -0.4 is 11.1 Å². The number of hydrogen-bond acceptors (Lipinski definition) is 5. The van der Waals surface area contributed by atoms with Gasteiger partial charge in [0.15, 0.2) is 0 Å². The second-order valence-corrected chi connectivity index (χ2v) is 6.87. The molecule has 0 saturated carbocycles. The van der Waals surface area contributed by atoms with Crippen LogP contribution in [-0.2, 0) is 11.3 Å². The molecular weight excluding hydrogens is 326 g/mol. The van der Waals surface area contributed by atoms with Crippen molar-refractivity contribution in [1.29, 1.82) is 0 Å². The molecule has 1 aliphatic rings. The fourth-order valence-corrected chi connectivity index (χ4v) is 3.95. The van der Waals surface area contributed by atoms with E-state index in [0.717, 1.165) is 25.9 Å². The van der Waals surface area contributed by atoms with E-state index in [1.54, 1.807) is 17.6 Å². The maximum absolute atomic E-state index is 12.6. The summed E-state index contributed by atoms with van der Waals surface area (Å²) in [6.45, 7) is 3.55. The highest BCUT2D eigenvalue weighted by molar-refractivity contribution is 7.14. The number of hydrogen-bond donors (Lipinski definition) is 2. The van der Waals surface area contributed by atoms with Crippen molar-refractivity contribution in [3.8, 4) is 0 Å². The summed E-state index contributed by atoms with van der Waals surface area (Å²) in [5.41, 5.74) is 5.68. The van der Waals surface area contributed by atoms with Gasteiger partial charge in [0.25, 0.3) is 5.91 Å². The smallest absolute Gasteiger partial charge is 0.251 e. The minimum absolute atomic E-state index is 0.118. The van der Waals surface area contributed by atoms with E-state index in [1.807, 2.05) is 23.9 Å². The standard InChI is InChI=1S/C16H21N5O2S/c1-11(15(23)19-16-13(14(17)22)5-9-24-16)21-8-2-4-12(21)10-20-7-3-6-18-20/h3,5-7,9,11-12H,2,4,8,10H2,1H3,(H2,17,22)(H,19,23)/t11-,12+/m0/s1. The van der Waals surface area contributed by atoms with Gasteiger partial charge in [-0.1, -0.05) is 0 Å². The first-order valence-corrected chi connectivity index (χ1v) is 8.85. The summed E-state index contributed by atoms with van der Waals surface area (Å²) in [5, 5.41) is 9.36. The molecule has 7 nitrogen and oxygen atoms in total. The molecule has 3 heterocycles. The summed E-state index contributed by atoms with van der Waals surface area (Å²) in [7, 11) is 0. The molecule has 128 valence electrons. The molecule has 24 heavy (non-hydrogen) atoms. The Morgan fingerprint density at radius 3 is 3.08 bits per heavy atom. The predicted molar refractivity (Wildman–Crippen MR) is 92.9 cm³/mol. The quantitative estimate of drug-likeness (QED) is 0.829. The third-order valence-corrected chi connectivity index (χ3v) is 5.25. The van der Waals surface area contributed by atoms with Crippen LogP contribution in [0.4, 0.5) is 5.00 Å². The molecule has 0 aliphatic carbocycles. The molecule has 2 atom stereocenters. The number of rotatable bonds is 6. The first-order valence-electron chi connectivity index (χ1n) is 7.97. The lowest BCUT2D eigenvalue weighted by Gasteiger charge is -2.29. The SMILES string of the molecule is C[C@@H](C(=O)Nc1sccc1C(N)=O)N1CCC[C@@H]1Cn1cccn1. The van der Waals surface area contributed by atoms with Crippen LogP contribution >= 0.6 is 11.3 Å². The molecule has 3 N–H and O–H groups in total. The molecule has 1 fully saturated rings. The second kappa shape index (κ2) is 7.14. The molecule has 1 aliphatic heterocycles. The van der Waals surface area contributed by atoms with Crippen molar-refractivity contribution < 1.29 is 9.59 Å². The van der Waals surface area contributed by atoms with E-state index in [-0.39, 0.29) is 18.0 Å². The van der Waals surface area contributed by atoms with Crippen molar-refractivity contribution in [1.82, 2.24) is 14.7 Å². The van der Waals surface area contributed by atoms with Crippen LogP contribution in [0.25, 0.3) is 0 Å². The molecule has 1 saturated heterocycles. The van der Waals surface area contributed by atoms with Crippen LogP contribution in [0.15, 0.2) is 29.9 Å². The number of nitrogens with two attached hydrogens (primary N) is 1. The van der Waals surface area contributed by atoms with Gasteiger partial charge in [-0.2, -0.15) is 5.10 Å². The van der Waals surface area contributed by atoms with Crippen molar-refractivity contribution >= 4 is 28.2 Å². The Morgan fingerprint density at radius 1 is 1.54 bits per heavy atom. The fourth-order valence-electron chi connectivity index (χ4n) is 3.16. The van der Waals surface area contributed by atoms with E-state index in [2.05, 4.69) is 15.3 Å². The largest absolute Gasteiger partial charge is 0.366 e. The molecule has 2 aromatic rings. The Bertz CT molecular complexity index is 712. The van der Waals surface area contributed by atoms with E-state index in [4.69, 9.17) is 5.73 Å². The molecule has 0 unspecified atom stereocenters. The van der Waals surface area contributed by atoms with Gasteiger partial charge in [-0.25, -0.2) is 0 Å². The summed E-state index contributed by atoms with van der Waals surface area (Å²) in [5.74, 6) is -0.649. The summed E-state index contributed by atoms with van der Waals surface area (Å²) in [4.78, 5) is 26.2. The average molecular weight is 347 g/mol. The first kappa shape index (κ1) is 16.7. The van der Waals surface area contributed by atoms with Gasteiger partial charge in [0, 0.05) is 18.4 Å². The Balaban J connectivity index is 1.66. The van der Waals surface area contributed by atoms with Crippen LogP contribution in [0.2, 0.25) is 0 Å². The number of nitrogens with one attached hydrogen (secondary N) is 1. The molecule has 3 rings (SSSR count). The van der Waals surface area contributed by atoms with Gasteiger partial charge in [-0.05, 0) is 43.8 Å². The zero-order chi connectivity index (χ0) is 17.1. The molecule has 0 aromatic carbocycles. The van der Waals surface area contributed by atoms with E-state index in [9.17, 15) is 9.59 Å². The van der Waals surface area contributed by atoms with Gasteiger partial charge in [0.1, 0.15) is 5.00 Å². The zero-order valence-corrected chi connectivity index (χ0v) is 14.3. The van der Waals surface area contributed by atoms with E-state index >= 15 is 0 Å². The van der Waals surface area contributed by atoms with Crippen molar-refractivity contribution in [2.24, 2.45) is 5.73 Å². The number of carbonyl (C=O) groups excluding carboxylic acids is 2. The van der Waals surface area contributed by atoms with Gasteiger partial charge in [0.2, 0.25) is 5.91 Å². The summed E-state index contributed by atoms with van der Waals surface area (Å²) in [6.07, 6.45) is 5.81. The second-order valence-electron chi connectivity index (χ2n) is 5.95. The maximum Gasteiger partial charge on any atom is 0.251 e. The fraction of sp³-hybridized carbons (Fsp3) is 0.438. The van der Waals surface area contributed by atoms with Gasteiger partial charge in [0.05, 0.1) is 18.2 Å². The predicted octanol–water partition coefficient (Wildman–Crippen LogP) is 1.54. The number of nitrogens with zero attached hydrogens (tertiary/aromatic N) is 3. The Labute approximate surface area is 144 Å². The van der Waals surface area contributed by atoms with Crippen LogP contribution in [0.5, 0.6) is 0 Å². The minimum Gasteiger partial charge on any atom is -0.366 e. The molecule has 2 amide bonds. The highest BCUT2D eigenvalue weighted by atomic mass is 32.1. The molecular formula is C16H21N5O2S. The Morgan fingerprint density at radius 2 is 2.38 bits per heavy atom. The summed E-state index contributed by atoms with van der Waals surface area (Å²) in [6, 6.07) is 3.53. The van der Waals surface area contributed by atoms with Gasteiger partial charge < -0.3 is 11.1 Å². The third-order valence-electron chi connectivity index (χ3n) is 4.42. The molecule has 2 aromatic heterocycles. The maximum atomic E-state index is 12.6. The lowest BCUT2D eigenvalue weighted by atomic mass is 10.2. The molecule has 8 heteroatoms. The number of amides is 2. The van der Waals surface area contributed by atoms with E-state index < -0.39 is 5.91 Å². The van der Waals surface area contributed by atoms with E-state index in [1.165, 1.54) is 11.3 Å². The van der Waals surface area contributed by atoms with Crippen molar-refractivity contribution in [2.75, 3.05) is 11.9 Å². The van der Waals surface area contributed by atoms with Crippen molar-refractivity contribution in [3.05, 3.63) is 35.5 Å². The first-order chi connectivity index (χ1) is 11.6. The molecule has 0 bridgehead atoms. The molecule has 0 radical (unpaired) electrons. The number of aromatic nitrogens is 2.